The molecule has 64 valence electrons. The van der Waals surface area contributed by atoms with Crippen LogP contribution in [0.1, 0.15) is 19.3 Å². The molecular weight excluding hydrogens is 158 g/mol. The molecule has 1 rings (SSSR count). The van der Waals surface area contributed by atoms with Crippen LogP contribution in [-0.4, -0.2) is 23.5 Å². The molecule has 0 saturated carbocycles. The number of unbranched alkanes of at least 4 members (excludes halogenated alkanes) is 1. The number of thioether (sulfide) groups is 1. The second-order valence-electron chi connectivity index (χ2n) is 2.72. The summed E-state index contributed by atoms with van der Waals surface area (Å²) >= 11 is 1.66. The molecular formula is C7H15N3S. The first-order valence-electron chi connectivity index (χ1n) is 3.99. The van der Waals surface area contributed by atoms with Gasteiger partial charge >= 0.3 is 0 Å². The van der Waals surface area contributed by atoms with Crippen molar-refractivity contribution >= 4 is 16.9 Å². The predicted molar refractivity (Wildman–Crippen MR) is 50.8 cm³/mol. The molecule has 0 spiro atoms. The number of amidine groups is 1. The minimum Gasteiger partial charge on any atom is -0.379 e. The lowest BCUT2D eigenvalue weighted by Gasteiger charge is -2.02. The molecule has 1 heterocycles. The Morgan fingerprint density at radius 1 is 1.55 bits per heavy atom. The van der Waals surface area contributed by atoms with Crippen LogP contribution in [0.3, 0.4) is 0 Å². The Hall–Kier alpha value is -0.220. The van der Waals surface area contributed by atoms with Crippen molar-refractivity contribution in [2.45, 2.75) is 25.3 Å². The average Bonchev–Trinajstić information content (AvgIpc) is 2.37. The van der Waals surface area contributed by atoms with E-state index >= 15 is 0 Å². The Bertz CT molecular complexity index is 147. The number of hydrogen-bond acceptors (Lipinski definition) is 4. The fraction of sp³-hybridized carbons (Fsp3) is 0.857. The average molecular weight is 173 g/mol. The molecule has 0 aliphatic carbocycles. The Morgan fingerprint density at radius 3 is 2.91 bits per heavy atom. The molecule has 0 aromatic heterocycles. The number of nitrogens with zero attached hydrogens (tertiary/aromatic N) is 1. The highest BCUT2D eigenvalue weighted by Gasteiger charge is 2.14. The maximum atomic E-state index is 5.52. The summed E-state index contributed by atoms with van der Waals surface area (Å²) in [5.74, 6) is 1.07. The predicted octanol–water partition coefficient (Wildman–Crippen LogP) is 0.546. The highest BCUT2D eigenvalue weighted by molar-refractivity contribution is 8.14. The molecule has 1 atom stereocenters. The molecule has 0 fully saturated rings. The zero-order valence-electron chi connectivity index (χ0n) is 6.62. The van der Waals surface area contributed by atoms with Crippen molar-refractivity contribution in [3.63, 3.8) is 0 Å². The van der Waals surface area contributed by atoms with E-state index < -0.39 is 0 Å². The van der Waals surface area contributed by atoms with Gasteiger partial charge in [0, 0.05) is 5.75 Å². The van der Waals surface area contributed by atoms with Crippen molar-refractivity contribution in [1.29, 1.82) is 0 Å². The fourth-order valence-electron chi connectivity index (χ4n) is 1.11. The lowest BCUT2D eigenvalue weighted by atomic mass is 10.1. The van der Waals surface area contributed by atoms with Crippen LogP contribution in [0.25, 0.3) is 0 Å². The van der Waals surface area contributed by atoms with Gasteiger partial charge in [-0.05, 0) is 19.4 Å². The Labute approximate surface area is 71.6 Å². The van der Waals surface area contributed by atoms with Crippen LogP contribution in [-0.2, 0) is 0 Å². The summed E-state index contributed by atoms with van der Waals surface area (Å²) in [6, 6.07) is 0.464. The van der Waals surface area contributed by atoms with Gasteiger partial charge in [-0.2, -0.15) is 0 Å². The summed E-state index contributed by atoms with van der Waals surface area (Å²) in [5, 5.41) is 0.753. The number of aliphatic imine (C=N–C) groups is 1. The van der Waals surface area contributed by atoms with Gasteiger partial charge in [-0.25, -0.2) is 0 Å². The van der Waals surface area contributed by atoms with Gasteiger partial charge in [-0.15, -0.1) is 0 Å². The molecule has 0 saturated heterocycles. The van der Waals surface area contributed by atoms with Crippen molar-refractivity contribution in [1.82, 2.24) is 0 Å². The molecule has 0 bridgehead atoms. The zero-order valence-corrected chi connectivity index (χ0v) is 7.44. The second-order valence-corrected chi connectivity index (χ2v) is 3.76. The second kappa shape index (κ2) is 4.62. The van der Waals surface area contributed by atoms with Crippen molar-refractivity contribution in [2.24, 2.45) is 16.5 Å². The molecule has 4 heteroatoms. The van der Waals surface area contributed by atoms with E-state index in [1.807, 2.05) is 0 Å². The van der Waals surface area contributed by atoms with Crippen LogP contribution in [0.4, 0.5) is 0 Å². The largest absolute Gasteiger partial charge is 0.379 e. The minimum absolute atomic E-state index is 0.464. The molecule has 3 nitrogen and oxygen atoms in total. The van der Waals surface area contributed by atoms with Gasteiger partial charge in [-0.3, -0.25) is 4.99 Å². The van der Waals surface area contributed by atoms with Gasteiger partial charge in [0.25, 0.3) is 0 Å². The van der Waals surface area contributed by atoms with E-state index in [1.165, 1.54) is 6.42 Å². The first-order valence-corrected chi connectivity index (χ1v) is 4.97. The van der Waals surface area contributed by atoms with Crippen LogP contribution in [0.2, 0.25) is 0 Å². The zero-order chi connectivity index (χ0) is 8.10. The Balaban J connectivity index is 2.08. The van der Waals surface area contributed by atoms with Gasteiger partial charge in [-0.1, -0.05) is 18.2 Å². The maximum absolute atomic E-state index is 5.52. The van der Waals surface area contributed by atoms with Crippen LogP contribution < -0.4 is 11.5 Å². The van der Waals surface area contributed by atoms with Gasteiger partial charge < -0.3 is 11.5 Å². The van der Waals surface area contributed by atoms with Crippen LogP contribution in [0.5, 0.6) is 0 Å². The molecule has 4 N–H and O–H groups in total. The molecule has 1 aliphatic rings. The van der Waals surface area contributed by atoms with Gasteiger partial charge in [0.2, 0.25) is 0 Å². The van der Waals surface area contributed by atoms with Crippen LogP contribution in [0, 0.1) is 0 Å². The van der Waals surface area contributed by atoms with E-state index in [0.717, 1.165) is 30.3 Å². The quantitative estimate of drug-likeness (QED) is 0.610. The Kier molecular flexibility index (Phi) is 3.72. The Morgan fingerprint density at radius 2 is 2.36 bits per heavy atom. The SMILES string of the molecule is NCCCCC1CSC(N)=N1. The minimum atomic E-state index is 0.464. The summed E-state index contributed by atoms with van der Waals surface area (Å²) in [7, 11) is 0. The molecule has 1 unspecified atom stereocenters. The first kappa shape index (κ1) is 8.87. The van der Waals surface area contributed by atoms with Crippen molar-refractivity contribution in [3.8, 4) is 0 Å². The van der Waals surface area contributed by atoms with Gasteiger partial charge in [0.05, 0.1) is 6.04 Å². The fourth-order valence-corrected chi connectivity index (χ4v) is 1.94. The summed E-state index contributed by atoms with van der Waals surface area (Å²) in [4.78, 5) is 4.28. The lowest BCUT2D eigenvalue weighted by Crippen LogP contribution is -2.06. The highest BCUT2D eigenvalue weighted by Crippen LogP contribution is 2.18. The normalized spacial score (nSPS) is 23.7. The molecule has 0 aromatic carbocycles. The topological polar surface area (TPSA) is 64.4 Å². The smallest absolute Gasteiger partial charge is 0.154 e. The van der Waals surface area contributed by atoms with Crippen molar-refractivity contribution in [3.05, 3.63) is 0 Å². The number of rotatable bonds is 4. The van der Waals surface area contributed by atoms with E-state index in [0.29, 0.717) is 6.04 Å². The van der Waals surface area contributed by atoms with E-state index in [-0.39, 0.29) is 0 Å². The lowest BCUT2D eigenvalue weighted by molar-refractivity contribution is 0.614. The van der Waals surface area contributed by atoms with E-state index in [2.05, 4.69) is 4.99 Å². The van der Waals surface area contributed by atoms with Gasteiger partial charge in [0.15, 0.2) is 5.17 Å². The monoisotopic (exact) mass is 173 g/mol. The van der Waals surface area contributed by atoms with Gasteiger partial charge in [0.1, 0.15) is 0 Å². The number of nitrogens with two attached hydrogens (primary N) is 2. The molecule has 11 heavy (non-hydrogen) atoms. The third-order valence-electron chi connectivity index (χ3n) is 1.72. The maximum Gasteiger partial charge on any atom is 0.154 e. The van der Waals surface area contributed by atoms with Crippen molar-refractivity contribution < 1.29 is 0 Å². The van der Waals surface area contributed by atoms with Crippen molar-refractivity contribution in [2.75, 3.05) is 12.3 Å². The third kappa shape index (κ3) is 3.12. The summed E-state index contributed by atoms with van der Waals surface area (Å²) in [6.07, 6.45) is 3.43. The standard InChI is InChI=1S/C7H15N3S/c8-4-2-1-3-6-5-11-7(9)10-6/h6H,1-5,8H2,(H2,9,10). The van der Waals surface area contributed by atoms with E-state index in [9.17, 15) is 0 Å². The highest BCUT2D eigenvalue weighted by atomic mass is 32.2. The molecule has 1 aliphatic heterocycles. The summed E-state index contributed by atoms with van der Waals surface area (Å²) < 4.78 is 0. The summed E-state index contributed by atoms with van der Waals surface area (Å²) in [6.45, 7) is 0.791. The number of hydrogen-bond donors (Lipinski definition) is 2. The molecule has 0 amide bonds. The summed E-state index contributed by atoms with van der Waals surface area (Å²) in [5.41, 5.74) is 10.9. The van der Waals surface area contributed by atoms with E-state index in [1.54, 1.807) is 11.8 Å². The molecule has 0 aromatic rings. The van der Waals surface area contributed by atoms with E-state index in [4.69, 9.17) is 11.5 Å². The van der Waals surface area contributed by atoms with Crippen LogP contribution >= 0.6 is 11.8 Å². The third-order valence-corrected chi connectivity index (χ3v) is 2.68. The first-order chi connectivity index (χ1) is 5.33. The molecule has 0 radical (unpaired) electrons. The van der Waals surface area contributed by atoms with Crippen LogP contribution in [0.15, 0.2) is 4.99 Å².